The van der Waals surface area contributed by atoms with Gasteiger partial charge in [-0.15, -0.1) is 11.3 Å². The third-order valence-electron chi connectivity index (χ3n) is 6.59. The van der Waals surface area contributed by atoms with Crippen LogP contribution in [0.3, 0.4) is 0 Å². The maximum absolute atomic E-state index is 12.9. The third-order valence-corrected chi connectivity index (χ3v) is 7.60. The standard InChI is InChI=1S/C24H27N5O2S/c1-16-7-12-32-21(16)15-28-9-4-17(5-10-28)22-26-20-6-11-29(14-19(20)23(30)27-22)24(31)18-3-2-8-25-13-18/h2-3,7-8,12-13,17H,4-6,9-11,14-15H2,1H3,(H,26,27,30). The van der Waals surface area contributed by atoms with Crippen LogP contribution in [0.5, 0.6) is 0 Å². The van der Waals surface area contributed by atoms with Gasteiger partial charge in [-0.25, -0.2) is 4.98 Å². The van der Waals surface area contributed by atoms with Crippen molar-refractivity contribution in [3.05, 3.63) is 79.4 Å². The van der Waals surface area contributed by atoms with Gasteiger partial charge in [-0.05, 0) is 62.0 Å². The molecule has 0 radical (unpaired) electrons. The molecule has 3 aromatic rings. The van der Waals surface area contributed by atoms with Crippen molar-refractivity contribution in [2.45, 2.75) is 45.2 Å². The average molecular weight is 450 g/mol. The van der Waals surface area contributed by atoms with Gasteiger partial charge in [0.25, 0.3) is 11.5 Å². The fraction of sp³-hybridized carbons (Fsp3) is 0.417. The number of rotatable bonds is 4. The Morgan fingerprint density at radius 2 is 2.09 bits per heavy atom. The smallest absolute Gasteiger partial charge is 0.256 e. The first-order valence-electron chi connectivity index (χ1n) is 11.1. The Labute approximate surface area is 191 Å². The van der Waals surface area contributed by atoms with Crippen molar-refractivity contribution in [2.75, 3.05) is 19.6 Å². The van der Waals surface area contributed by atoms with E-state index in [2.05, 4.69) is 33.2 Å². The molecule has 0 saturated carbocycles. The Bertz CT molecular complexity index is 1160. The van der Waals surface area contributed by atoms with Crippen molar-refractivity contribution in [1.82, 2.24) is 24.8 Å². The lowest BCUT2D eigenvalue weighted by Crippen LogP contribution is -2.40. The highest BCUT2D eigenvalue weighted by Crippen LogP contribution is 2.28. The molecule has 1 saturated heterocycles. The summed E-state index contributed by atoms with van der Waals surface area (Å²) in [6.07, 6.45) is 5.81. The van der Waals surface area contributed by atoms with Crippen LogP contribution in [-0.4, -0.2) is 50.3 Å². The van der Waals surface area contributed by atoms with Crippen LogP contribution in [0, 0.1) is 6.92 Å². The molecular formula is C24H27N5O2S. The SMILES string of the molecule is Cc1ccsc1CN1CCC(c2nc3c(c(=O)[nH]2)CN(C(=O)c2cccnc2)CC3)CC1. The Kier molecular flexibility index (Phi) is 5.89. The van der Waals surface area contributed by atoms with E-state index in [1.807, 2.05) is 11.3 Å². The third kappa shape index (κ3) is 4.25. The summed E-state index contributed by atoms with van der Waals surface area (Å²) in [4.78, 5) is 43.2. The fourth-order valence-electron chi connectivity index (χ4n) is 4.62. The number of aromatic nitrogens is 3. The normalized spacial score (nSPS) is 17.3. The summed E-state index contributed by atoms with van der Waals surface area (Å²) in [7, 11) is 0. The van der Waals surface area contributed by atoms with Gasteiger partial charge in [0.2, 0.25) is 0 Å². The van der Waals surface area contributed by atoms with E-state index < -0.39 is 0 Å². The molecule has 2 aliphatic rings. The van der Waals surface area contributed by atoms with Gasteiger partial charge in [-0.3, -0.25) is 19.5 Å². The second-order valence-electron chi connectivity index (χ2n) is 8.67. The van der Waals surface area contributed by atoms with E-state index in [0.29, 0.717) is 30.6 Å². The number of aromatic amines is 1. The Hall–Kier alpha value is -2.84. The number of amides is 1. The fourth-order valence-corrected chi connectivity index (χ4v) is 5.56. The molecule has 0 bridgehead atoms. The quantitative estimate of drug-likeness (QED) is 0.662. The van der Waals surface area contributed by atoms with E-state index in [1.165, 1.54) is 10.4 Å². The average Bonchev–Trinajstić information content (AvgIpc) is 3.23. The predicted molar refractivity (Wildman–Crippen MR) is 124 cm³/mol. The number of carbonyl (C=O) groups is 1. The van der Waals surface area contributed by atoms with Crippen molar-refractivity contribution < 1.29 is 4.79 Å². The lowest BCUT2D eigenvalue weighted by atomic mass is 9.95. The topological polar surface area (TPSA) is 82.2 Å². The molecule has 2 aliphatic heterocycles. The second-order valence-corrected chi connectivity index (χ2v) is 9.67. The molecule has 1 fully saturated rings. The summed E-state index contributed by atoms with van der Waals surface area (Å²) < 4.78 is 0. The van der Waals surface area contributed by atoms with Gasteiger partial charge >= 0.3 is 0 Å². The number of nitrogens with zero attached hydrogens (tertiary/aromatic N) is 4. The molecule has 0 aliphatic carbocycles. The number of hydrogen-bond acceptors (Lipinski definition) is 6. The van der Waals surface area contributed by atoms with E-state index in [4.69, 9.17) is 4.98 Å². The van der Waals surface area contributed by atoms with Gasteiger partial charge in [0.1, 0.15) is 5.82 Å². The highest BCUT2D eigenvalue weighted by atomic mass is 32.1. The lowest BCUT2D eigenvalue weighted by molar-refractivity contribution is 0.0732. The molecule has 0 atom stereocenters. The van der Waals surface area contributed by atoms with Crippen molar-refractivity contribution in [2.24, 2.45) is 0 Å². The van der Waals surface area contributed by atoms with Gasteiger partial charge in [0.05, 0.1) is 23.4 Å². The molecule has 0 unspecified atom stereocenters. The number of piperidine rings is 1. The highest BCUT2D eigenvalue weighted by Gasteiger charge is 2.28. The number of fused-ring (bicyclic) bond motifs is 1. The minimum absolute atomic E-state index is 0.0967. The van der Waals surface area contributed by atoms with E-state index in [0.717, 1.165) is 44.0 Å². The molecule has 7 nitrogen and oxygen atoms in total. The van der Waals surface area contributed by atoms with E-state index in [9.17, 15) is 9.59 Å². The molecule has 0 aromatic carbocycles. The summed E-state index contributed by atoms with van der Waals surface area (Å²) in [6, 6.07) is 5.68. The number of H-pyrrole nitrogens is 1. The number of nitrogens with one attached hydrogen (secondary N) is 1. The van der Waals surface area contributed by atoms with Crippen LogP contribution >= 0.6 is 11.3 Å². The zero-order valence-electron chi connectivity index (χ0n) is 18.2. The maximum atomic E-state index is 12.9. The monoisotopic (exact) mass is 449 g/mol. The molecule has 5 heterocycles. The molecule has 0 spiro atoms. The summed E-state index contributed by atoms with van der Waals surface area (Å²) in [5, 5.41) is 2.16. The number of pyridine rings is 1. The van der Waals surface area contributed by atoms with E-state index >= 15 is 0 Å². The number of aryl methyl sites for hydroxylation is 1. The first-order chi connectivity index (χ1) is 15.6. The molecule has 3 aromatic heterocycles. The predicted octanol–water partition coefficient (Wildman–Crippen LogP) is 3.11. The molecule has 8 heteroatoms. The largest absolute Gasteiger partial charge is 0.334 e. The van der Waals surface area contributed by atoms with Gasteiger partial charge in [-0.2, -0.15) is 0 Å². The molecule has 1 N–H and O–H groups in total. The Morgan fingerprint density at radius 3 is 2.81 bits per heavy atom. The minimum Gasteiger partial charge on any atom is -0.334 e. The van der Waals surface area contributed by atoms with Gasteiger partial charge in [-0.1, -0.05) is 0 Å². The van der Waals surface area contributed by atoms with Crippen molar-refractivity contribution in [1.29, 1.82) is 0 Å². The first kappa shape index (κ1) is 21.0. The van der Waals surface area contributed by atoms with Crippen molar-refractivity contribution in [3.8, 4) is 0 Å². The van der Waals surface area contributed by atoms with Crippen LogP contribution in [0.4, 0.5) is 0 Å². The Morgan fingerprint density at radius 1 is 1.25 bits per heavy atom. The van der Waals surface area contributed by atoms with Crippen LogP contribution in [-0.2, 0) is 19.5 Å². The second kappa shape index (κ2) is 8.96. The molecular weight excluding hydrogens is 422 g/mol. The number of thiophene rings is 1. The van der Waals surface area contributed by atoms with Crippen molar-refractivity contribution >= 4 is 17.2 Å². The summed E-state index contributed by atoms with van der Waals surface area (Å²) >= 11 is 1.83. The van der Waals surface area contributed by atoms with Gasteiger partial charge in [0, 0.05) is 42.7 Å². The molecule has 166 valence electrons. The first-order valence-corrected chi connectivity index (χ1v) is 12.0. The number of hydrogen-bond donors (Lipinski definition) is 1. The van der Waals surface area contributed by atoms with E-state index in [1.54, 1.807) is 29.4 Å². The maximum Gasteiger partial charge on any atom is 0.256 e. The highest BCUT2D eigenvalue weighted by molar-refractivity contribution is 7.10. The van der Waals surface area contributed by atoms with Crippen LogP contribution < -0.4 is 5.56 Å². The number of likely N-dealkylation sites (tertiary alicyclic amines) is 1. The number of carbonyl (C=O) groups excluding carboxylic acids is 1. The van der Waals surface area contributed by atoms with Crippen molar-refractivity contribution in [3.63, 3.8) is 0 Å². The van der Waals surface area contributed by atoms with Crippen LogP contribution in [0.1, 0.15) is 56.6 Å². The molecule has 1 amide bonds. The zero-order chi connectivity index (χ0) is 22.1. The Balaban J connectivity index is 1.25. The zero-order valence-corrected chi connectivity index (χ0v) is 19.0. The van der Waals surface area contributed by atoms with Crippen LogP contribution in [0.2, 0.25) is 0 Å². The summed E-state index contributed by atoms with van der Waals surface area (Å²) in [5.74, 6) is 0.997. The lowest BCUT2D eigenvalue weighted by Gasteiger charge is -2.32. The van der Waals surface area contributed by atoms with E-state index in [-0.39, 0.29) is 17.4 Å². The van der Waals surface area contributed by atoms with Crippen LogP contribution in [0.15, 0.2) is 40.8 Å². The minimum atomic E-state index is -0.106. The van der Waals surface area contributed by atoms with Gasteiger partial charge in [0.15, 0.2) is 0 Å². The summed E-state index contributed by atoms with van der Waals surface area (Å²) in [5.41, 5.74) is 3.26. The summed E-state index contributed by atoms with van der Waals surface area (Å²) in [6.45, 7) is 6.06. The van der Waals surface area contributed by atoms with Crippen LogP contribution in [0.25, 0.3) is 0 Å². The molecule has 32 heavy (non-hydrogen) atoms. The molecule has 5 rings (SSSR count). The van der Waals surface area contributed by atoms with Gasteiger partial charge < -0.3 is 9.88 Å².